The molecule has 4 aromatic heterocycles. The van der Waals surface area contributed by atoms with E-state index in [1.54, 1.807) is 28.6 Å². The average molecular weight is 473 g/mol. The Kier molecular flexibility index (Phi) is 6.07. The summed E-state index contributed by atoms with van der Waals surface area (Å²) >= 11 is 0. The maximum atomic E-state index is 12.9. The Balaban J connectivity index is 1.51. The van der Waals surface area contributed by atoms with E-state index in [1.807, 2.05) is 12.5 Å². The number of aromatic nitrogens is 5. The van der Waals surface area contributed by atoms with Gasteiger partial charge in [0.05, 0.1) is 41.5 Å². The van der Waals surface area contributed by atoms with Gasteiger partial charge in [-0.1, -0.05) is 19.9 Å². The van der Waals surface area contributed by atoms with Gasteiger partial charge in [-0.2, -0.15) is 10.4 Å². The van der Waals surface area contributed by atoms with Gasteiger partial charge in [-0.05, 0) is 31.4 Å². The highest BCUT2D eigenvalue weighted by Crippen LogP contribution is 2.34. The van der Waals surface area contributed by atoms with Gasteiger partial charge in [0.15, 0.2) is 0 Å². The molecule has 3 atom stereocenters. The van der Waals surface area contributed by atoms with Gasteiger partial charge in [0.1, 0.15) is 12.1 Å². The quantitative estimate of drug-likeness (QED) is 0.428. The second-order valence-corrected chi connectivity index (χ2v) is 9.48. The van der Waals surface area contributed by atoms with Crippen molar-refractivity contribution >= 4 is 22.2 Å². The first-order valence-electron chi connectivity index (χ1n) is 12.3. The first kappa shape index (κ1) is 23.1. The number of nitrogens with zero attached hydrogens (tertiary/aromatic N) is 8. The highest BCUT2D eigenvalue weighted by molar-refractivity contribution is 5.88. The van der Waals surface area contributed by atoms with E-state index < -0.39 is 0 Å². The van der Waals surface area contributed by atoms with Crippen LogP contribution in [0.3, 0.4) is 0 Å². The van der Waals surface area contributed by atoms with E-state index in [2.05, 4.69) is 64.4 Å². The van der Waals surface area contributed by atoms with Crippen LogP contribution in [0.5, 0.6) is 0 Å². The molecule has 4 aromatic rings. The number of fused-ring (bicyclic) bond motifs is 2. The molecule has 0 saturated carbocycles. The van der Waals surface area contributed by atoms with Gasteiger partial charge in [0.2, 0.25) is 0 Å². The predicted octanol–water partition coefficient (Wildman–Crippen LogP) is 3.35. The Morgan fingerprint density at radius 2 is 1.97 bits per heavy atom. The fraction of sp³-hybridized carbons (Fsp3) is 0.462. The highest BCUT2D eigenvalue weighted by atomic mass is 16.1. The average Bonchev–Trinajstić information content (AvgIpc) is 3.52. The Morgan fingerprint density at radius 3 is 2.71 bits per heavy atom. The highest BCUT2D eigenvalue weighted by Gasteiger charge is 2.36. The van der Waals surface area contributed by atoms with Crippen molar-refractivity contribution in [1.82, 2.24) is 28.6 Å². The van der Waals surface area contributed by atoms with Crippen LogP contribution in [0.2, 0.25) is 0 Å². The molecule has 1 saturated heterocycles. The van der Waals surface area contributed by atoms with Gasteiger partial charge in [-0.15, -0.1) is 0 Å². The Bertz CT molecular complexity index is 1460. The van der Waals surface area contributed by atoms with E-state index in [9.17, 15) is 4.79 Å². The van der Waals surface area contributed by atoms with Crippen molar-refractivity contribution in [3.8, 4) is 6.07 Å². The molecular formula is C26H32N8O. The molecule has 9 nitrogen and oxygen atoms in total. The van der Waals surface area contributed by atoms with E-state index in [1.165, 1.54) is 5.56 Å². The van der Waals surface area contributed by atoms with Gasteiger partial charge in [0, 0.05) is 50.5 Å². The smallest absolute Gasteiger partial charge is 0.252 e. The summed E-state index contributed by atoms with van der Waals surface area (Å²) in [5, 5.41) is 13.8. The van der Waals surface area contributed by atoms with Crippen LogP contribution in [0.15, 0.2) is 47.9 Å². The topological polar surface area (TPSA) is 87.4 Å². The number of rotatable bonds is 6. The Hall–Kier alpha value is -3.64. The first-order chi connectivity index (χ1) is 16.9. The minimum atomic E-state index is -0.0589. The van der Waals surface area contributed by atoms with Crippen molar-refractivity contribution in [2.45, 2.75) is 58.3 Å². The normalized spacial score (nSPS) is 19.9. The molecule has 182 valence electrons. The minimum Gasteiger partial charge on any atom is -0.364 e. The molecule has 1 fully saturated rings. The van der Waals surface area contributed by atoms with Crippen LogP contribution >= 0.6 is 0 Å². The van der Waals surface area contributed by atoms with E-state index in [0.717, 1.165) is 48.2 Å². The zero-order valence-corrected chi connectivity index (χ0v) is 20.8. The molecule has 5 rings (SSSR count). The number of imidazole rings is 1. The molecular weight excluding hydrogens is 440 g/mol. The molecule has 0 aliphatic carbocycles. The number of pyridine rings is 2. The third-order valence-corrected chi connectivity index (χ3v) is 7.57. The molecule has 0 bridgehead atoms. The van der Waals surface area contributed by atoms with Crippen LogP contribution in [-0.2, 0) is 13.6 Å². The van der Waals surface area contributed by atoms with Crippen LogP contribution < -0.4 is 10.5 Å². The predicted molar refractivity (Wildman–Crippen MR) is 136 cm³/mol. The number of anilines is 1. The number of nitriles is 1. The molecule has 0 amide bonds. The monoisotopic (exact) mass is 472 g/mol. The van der Waals surface area contributed by atoms with Crippen LogP contribution in [0.25, 0.3) is 16.6 Å². The van der Waals surface area contributed by atoms with Crippen molar-refractivity contribution in [2.75, 3.05) is 18.0 Å². The van der Waals surface area contributed by atoms with Crippen LogP contribution in [0.1, 0.15) is 45.2 Å². The van der Waals surface area contributed by atoms with Crippen molar-refractivity contribution in [1.29, 1.82) is 5.26 Å². The molecule has 1 aliphatic heterocycles. The number of piperazine rings is 1. The number of hydrogen-bond donors (Lipinski definition) is 0. The third-order valence-electron chi connectivity index (χ3n) is 7.57. The lowest BCUT2D eigenvalue weighted by Crippen LogP contribution is -2.58. The molecule has 0 aromatic carbocycles. The van der Waals surface area contributed by atoms with Crippen molar-refractivity contribution in [3.63, 3.8) is 0 Å². The fourth-order valence-electron chi connectivity index (χ4n) is 5.44. The largest absolute Gasteiger partial charge is 0.364 e. The van der Waals surface area contributed by atoms with E-state index in [0.29, 0.717) is 6.04 Å². The summed E-state index contributed by atoms with van der Waals surface area (Å²) in [6.45, 7) is 8.59. The molecule has 35 heavy (non-hydrogen) atoms. The van der Waals surface area contributed by atoms with Crippen LogP contribution in [0.4, 0.5) is 5.69 Å². The summed E-state index contributed by atoms with van der Waals surface area (Å²) in [5.74, 6) is 0. The summed E-state index contributed by atoms with van der Waals surface area (Å²) in [7, 11) is 1.76. The third kappa shape index (κ3) is 3.98. The van der Waals surface area contributed by atoms with Gasteiger partial charge >= 0.3 is 0 Å². The van der Waals surface area contributed by atoms with Crippen LogP contribution in [0, 0.1) is 11.3 Å². The lowest BCUT2D eigenvalue weighted by atomic mass is 9.97. The summed E-state index contributed by atoms with van der Waals surface area (Å²) in [4.78, 5) is 22.1. The summed E-state index contributed by atoms with van der Waals surface area (Å²) in [6.07, 6.45) is 9.66. The zero-order chi connectivity index (χ0) is 24.7. The molecule has 0 N–H and O–H groups in total. The molecule has 0 radical (unpaired) electrons. The second-order valence-electron chi connectivity index (χ2n) is 9.48. The van der Waals surface area contributed by atoms with Crippen molar-refractivity contribution < 1.29 is 0 Å². The van der Waals surface area contributed by atoms with E-state index >= 15 is 0 Å². The van der Waals surface area contributed by atoms with Gasteiger partial charge in [-0.25, -0.2) is 4.98 Å². The van der Waals surface area contributed by atoms with Gasteiger partial charge in [0.25, 0.3) is 5.56 Å². The number of aryl methyl sites for hydroxylation is 1. The standard InChI is InChI=1S/C26H32N8O/c1-5-20-15-34(23-11-25(35)30(4)24-16-32(10-9-27)29-26(23)24)21(6-2)14-33(20)18(3)19-7-8-22-12-28-17-31(22)13-19/h7-8,11-13,16-18,20-21H,5-6,10,14-15H2,1-4H3/t18-,20-,21+/m1/s1. The Morgan fingerprint density at radius 1 is 1.17 bits per heavy atom. The first-order valence-corrected chi connectivity index (χ1v) is 12.3. The fourth-order valence-corrected chi connectivity index (χ4v) is 5.44. The second kappa shape index (κ2) is 9.19. The Labute approximate surface area is 204 Å². The van der Waals surface area contributed by atoms with Gasteiger partial charge in [-0.3, -0.25) is 14.4 Å². The summed E-state index contributed by atoms with van der Waals surface area (Å²) in [6, 6.07) is 9.01. The molecule has 5 heterocycles. The summed E-state index contributed by atoms with van der Waals surface area (Å²) in [5.41, 5.74) is 4.71. The maximum absolute atomic E-state index is 12.9. The lowest BCUT2D eigenvalue weighted by Gasteiger charge is -2.49. The molecule has 0 unspecified atom stereocenters. The van der Waals surface area contributed by atoms with Gasteiger partial charge < -0.3 is 13.9 Å². The van der Waals surface area contributed by atoms with Crippen molar-refractivity contribution in [2.24, 2.45) is 7.05 Å². The lowest BCUT2D eigenvalue weighted by molar-refractivity contribution is 0.101. The maximum Gasteiger partial charge on any atom is 0.252 e. The van der Waals surface area contributed by atoms with E-state index in [-0.39, 0.29) is 24.2 Å². The molecule has 0 spiro atoms. The minimum absolute atomic E-state index is 0.0589. The SMILES string of the molecule is CC[C@H]1CN([C@H](C)c2ccc3cncn3c2)[C@H](CC)CN1c1cc(=O)n(C)c2cn(CC#N)nc12. The van der Waals surface area contributed by atoms with Crippen molar-refractivity contribution in [3.05, 3.63) is 59.0 Å². The zero-order valence-electron chi connectivity index (χ0n) is 20.8. The van der Waals surface area contributed by atoms with E-state index in [4.69, 9.17) is 10.4 Å². The molecule has 9 heteroatoms. The molecule has 1 aliphatic rings. The summed E-state index contributed by atoms with van der Waals surface area (Å²) < 4.78 is 5.31. The number of hydrogen-bond acceptors (Lipinski definition) is 6. The van der Waals surface area contributed by atoms with Crippen LogP contribution in [-0.4, -0.2) is 53.8 Å².